The quantitative estimate of drug-likeness (QED) is 0.629. The van der Waals surface area contributed by atoms with E-state index in [1.807, 2.05) is 13.8 Å². The number of aromatic amines is 1. The Hall–Kier alpha value is -2.28. The molecule has 0 saturated heterocycles. The number of carbonyl (C=O) groups excluding carboxylic acids is 1. The van der Waals surface area contributed by atoms with E-state index in [2.05, 4.69) is 22.1 Å². The van der Waals surface area contributed by atoms with Crippen molar-refractivity contribution < 1.29 is 9.18 Å². The Morgan fingerprint density at radius 2 is 2.22 bits per heavy atom. The van der Waals surface area contributed by atoms with Gasteiger partial charge in [-0.25, -0.2) is 4.39 Å². The number of aromatic nitrogens is 3. The third kappa shape index (κ3) is 3.73. The van der Waals surface area contributed by atoms with Gasteiger partial charge in [0.2, 0.25) is 0 Å². The molecule has 0 bridgehead atoms. The molecule has 23 heavy (non-hydrogen) atoms. The van der Waals surface area contributed by atoms with E-state index in [9.17, 15) is 9.18 Å². The molecule has 0 aliphatic carbocycles. The molecule has 1 heterocycles. The van der Waals surface area contributed by atoms with Gasteiger partial charge in [-0.05, 0) is 30.3 Å². The molecule has 0 unspecified atom stereocenters. The fourth-order valence-electron chi connectivity index (χ4n) is 2.27. The second kappa shape index (κ2) is 7.32. The molecule has 0 radical (unpaired) electrons. The van der Waals surface area contributed by atoms with Gasteiger partial charge in [-0.15, -0.1) is 6.58 Å². The fourth-order valence-corrected chi connectivity index (χ4v) is 2.48. The number of nitrogens with zero attached hydrogens (tertiary/aromatic N) is 2. The van der Waals surface area contributed by atoms with Gasteiger partial charge >= 0.3 is 0 Å². The maximum atomic E-state index is 13.8. The fraction of sp³-hybridized carbons (Fsp3) is 0.312. The standard InChI is InChI=1S/C16H19FN4OS/c1-4-9-21-14(19-20-16(21)23)13(10(2)3)18-15(22)11-7-5-6-8-12(11)17/h4-8,10,13H,1,9H2,2-3H3,(H,18,22)(H,20,23)/t13-/m0/s1. The summed E-state index contributed by atoms with van der Waals surface area (Å²) in [5.74, 6) is -0.410. The molecule has 0 spiro atoms. The molecule has 1 atom stereocenters. The number of H-pyrrole nitrogens is 1. The minimum Gasteiger partial charge on any atom is -0.342 e. The molecule has 1 amide bonds. The summed E-state index contributed by atoms with van der Waals surface area (Å²) in [6.45, 7) is 8.07. The Bertz CT molecular complexity index is 765. The summed E-state index contributed by atoms with van der Waals surface area (Å²) < 4.78 is 16.0. The second-order valence-corrected chi connectivity index (χ2v) is 5.85. The number of rotatable bonds is 6. The van der Waals surface area contributed by atoms with Gasteiger partial charge in [0.1, 0.15) is 5.82 Å². The molecule has 1 aromatic heterocycles. The first-order valence-electron chi connectivity index (χ1n) is 7.27. The zero-order valence-electron chi connectivity index (χ0n) is 13.0. The van der Waals surface area contributed by atoms with Crippen molar-refractivity contribution in [3.05, 3.63) is 58.9 Å². The van der Waals surface area contributed by atoms with E-state index in [1.165, 1.54) is 12.1 Å². The summed E-state index contributed by atoms with van der Waals surface area (Å²) in [5, 5.41) is 9.78. The second-order valence-electron chi connectivity index (χ2n) is 5.46. The van der Waals surface area contributed by atoms with Crippen LogP contribution in [0.4, 0.5) is 4.39 Å². The van der Waals surface area contributed by atoms with Gasteiger partial charge in [-0.3, -0.25) is 14.5 Å². The molecule has 2 N–H and O–H groups in total. The Kier molecular flexibility index (Phi) is 5.44. The third-order valence-electron chi connectivity index (χ3n) is 3.45. The molecule has 2 rings (SSSR count). The highest BCUT2D eigenvalue weighted by Gasteiger charge is 2.25. The van der Waals surface area contributed by atoms with Crippen LogP contribution in [0, 0.1) is 16.5 Å². The molecule has 122 valence electrons. The molecular formula is C16H19FN4OS. The maximum absolute atomic E-state index is 13.8. The predicted molar refractivity (Wildman–Crippen MR) is 89.1 cm³/mol. The summed E-state index contributed by atoms with van der Waals surface area (Å²) in [7, 11) is 0. The molecule has 1 aromatic carbocycles. The Labute approximate surface area is 139 Å². The lowest BCUT2D eigenvalue weighted by Gasteiger charge is -2.22. The maximum Gasteiger partial charge on any atom is 0.254 e. The van der Waals surface area contributed by atoms with Crippen LogP contribution in [0.15, 0.2) is 36.9 Å². The lowest BCUT2D eigenvalue weighted by Crippen LogP contribution is -2.34. The normalized spacial score (nSPS) is 12.2. The summed E-state index contributed by atoms with van der Waals surface area (Å²) >= 11 is 5.20. The number of hydrogen-bond donors (Lipinski definition) is 2. The van der Waals surface area contributed by atoms with Gasteiger partial charge < -0.3 is 5.32 Å². The van der Waals surface area contributed by atoms with Gasteiger partial charge in [0.05, 0.1) is 11.6 Å². The SMILES string of the molecule is C=CCn1c([C@@H](NC(=O)c2ccccc2F)C(C)C)n[nH]c1=S. The molecule has 0 aliphatic heterocycles. The zero-order valence-corrected chi connectivity index (χ0v) is 13.9. The van der Waals surface area contributed by atoms with Crippen LogP contribution in [-0.2, 0) is 6.54 Å². The van der Waals surface area contributed by atoms with E-state index in [-0.39, 0.29) is 11.5 Å². The van der Waals surface area contributed by atoms with Crippen molar-refractivity contribution >= 4 is 18.1 Å². The van der Waals surface area contributed by atoms with Crippen LogP contribution in [0.25, 0.3) is 0 Å². The van der Waals surface area contributed by atoms with Crippen molar-refractivity contribution in [2.24, 2.45) is 5.92 Å². The lowest BCUT2D eigenvalue weighted by molar-refractivity contribution is 0.0918. The minimum absolute atomic E-state index is 0.00236. The van der Waals surface area contributed by atoms with Gasteiger partial charge in [0.15, 0.2) is 10.6 Å². The van der Waals surface area contributed by atoms with Crippen LogP contribution in [-0.4, -0.2) is 20.7 Å². The molecule has 0 saturated carbocycles. The van der Waals surface area contributed by atoms with E-state index in [1.54, 1.807) is 22.8 Å². The smallest absolute Gasteiger partial charge is 0.254 e. The Balaban J connectivity index is 2.33. The van der Waals surface area contributed by atoms with E-state index in [4.69, 9.17) is 12.2 Å². The summed E-state index contributed by atoms with van der Waals surface area (Å²) in [6, 6.07) is 5.46. The van der Waals surface area contributed by atoms with E-state index >= 15 is 0 Å². The van der Waals surface area contributed by atoms with E-state index < -0.39 is 17.8 Å². The van der Waals surface area contributed by atoms with Crippen molar-refractivity contribution in [2.75, 3.05) is 0 Å². The molecule has 2 aromatic rings. The molecule has 0 fully saturated rings. The van der Waals surface area contributed by atoms with Gasteiger partial charge in [0, 0.05) is 6.54 Å². The average Bonchev–Trinajstić information content (AvgIpc) is 2.86. The topological polar surface area (TPSA) is 62.7 Å². The highest BCUT2D eigenvalue weighted by molar-refractivity contribution is 7.71. The largest absolute Gasteiger partial charge is 0.342 e. The number of halogens is 1. The first-order valence-corrected chi connectivity index (χ1v) is 7.68. The summed E-state index contributed by atoms with van der Waals surface area (Å²) in [5.41, 5.74) is 0.00236. The first kappa shape index (κ1) is 17.1. The van der Waals surface area contributed by atoms with Crippen LogP contribution in [0.2, 0.25) is 0 Å². The Morgan fingerprint density at radius 3 is 2.83 bits per heavy atom. The first-order chi connectivity index (χ1) is 11.0. The summed E-state index contributed by atoms with van der Waals surface area (Å²) in [4.78, 5) is 12.4. The monoisotopic (exact) mass is 334 g/mol. The number of carbonyl (C=O) groups is 1. The van der Waals surface area contributed by atoms with Gasteiger partial charge in [-0.1, -0.05) is 32.1 Å². The van der Waals surface area contributed by atoms with Crippen molar-refractivity contribution in [3.63, 3.8) is 0 Å². The molecular weight excluding hydrogens is 315 g/mol. The van der Waals surface area contributed by atoms with Crippen molar-refractivity contribution in [1.82, 2.24) is 20.1 Å². The van der Waals surface area contributed by atoms with Gasteiger partial charge in [0.25, 0.3) is 5.91 Å². The van der Waals surface area contributed by atoms with Crippen LogP contribution in [0.5, 0.6) is 0 Å². The van der Waals surface area contributed by atoms with E-state index in [0.717, 1.165) is 0 Å². The van der Waals surface area contributed by atoms with Crippen LogP contribution in [0.3, 0.4) is 0 Å². The Morgan fingerprint density at radius 1 is 1.52 bits per heavy atom. The number of nitrogens with one attached hydrogen (secondary N) is 2. The van der Waals surface area contributed by atoms with Gasteiger partial charge in [-0.2, -0.15) is 5.10 Å². The third-order valence-corrected chi connectivity index (χ3v) is 3.76. The van der Waals surface area contributed by atoms with Crippen molar-refractivity contribution in [3.8, 4) is 0 Å². The van der Waals surface area contributed by atoms with Crippen molar-refractivity contribution in [2.45, 2.75) is 26.4 Å². The number of benzene rings is 1. The highest BCUT2D eigenvalue weighted by atomic mass is 32.1. The average molecular weight is 334 g/mol. The predicted octanol–water partition coefficient (Wildman–Crippen LogP) is 3.39. The van der Waals surface area contributed by atoms with E-state index in [0.29, 0.717) is 17.1 Å². The van der Waals surface area contributed by atoms with Crippen molar-refractivity contribution in [1.29, 1.82) is 0 Å². The molecule has 5 nitrogen and oxygen atoms in total. The van der Waals surface area contributed by atoms with Crippen LogP contribution in [0.1, 0.15) is 36.1 Å². The molecule has 7 heteroatoms. The zero-order chi connectivity index (χ0) is 17.0. The lowest BCUT2D eigenvalue weighted by atomic mass is 10.0. The van der Waals surface area contributed by atoms with Crippen LogP contribution < -0.4 is 5.32 Å². The number of amides is 1. The highest BCUT2D eigenvalue weighted by Crippen LogP contribution is 2.21. The minimum atomic E-state index is -0.558. The molecule has 0 aliphatic rings. The van der Waals surface area contributed by atoms with Crippen LogP contribution >= 0.6 is 12.2 Å². The number of allylic oxidation sites excluding steroid dienone is 1. The summed E-state index contributed by atoms with van der Waals surface area (Å²) in [6.07, 6.45) is 1.70. The number of hydrogen-bond acceptors (Lipinski definition) is 3.